The van der Waals surface area contributed by atoms with Crippen LogP contribution in [0.3, 0.4) is 0 Å². The molecule has 0 N–H and O–H groups in total. The largest absolute Gasteiger partial charge is 0.337 e. The van der Waals surface area contributed by atoms with Crippen LogP contribution in [0.1, 0.15) is 17.0 Å². The lowest BCUT2D eigenvalue weighted by atomic mass is 10.1. The van der Waals surface area contributed by atoms with E-state index in [9.17, 15) is 16.8 Å². The molecular weight excluding hydrogens is 388 g/mol. The first-order chi connectivity index (χ1) is 12.5. The van der Waals surface area contributed by atoms with Crippen LogP contribution in [0.4, 0.5) is 0 Å². The van der Waals surface area contributed by atoms with Crippen molar-refractivity contribution in [3.63, 3.8) is 0 Å². The third-order valence-corrected chi connectivity index (χ3v) is 8.67. The van der Waals surface area contributed by atoms with Gasteiger partial charge in [0.1, 0.15) is 5.82 Å². The van der Waals surface area contributed by atoms with E-state index in [2.05, 4.69) is 4.98 Å². The number of piperazine rings is 1. The first kappa shape index (κ1) is 20.0. The molecule has 0 unspecified atom stereocenters. The Morgan fingerprint density at radius 2 is 1.41 bits per heavy atom. The minimum Gasteiger partial charge on any atom is -0.337 e. The standard InChI is InChI=1S/C17H24N4O4S2/c1-13-5-6-16(11-14(13)2)26(22,23)20-7-9-21(10-8-20)27(24,25)17-12-19(4)15(3)18-17/h5-6,11-12H,7-10H2,1-4H3. The molecule has 0 atom stereocenters. The van der Waals surface area contributed by atoms with Crippen LogP contribution in [-0.4, -0.2) is 61.2 Å². The van der Waals surface area contributed by atoms with Crippen molar-refractivity contribution in [2.75, 3.05) is 26.2 Å². The fourth-order valence-corrected chi connectivity index (χ4v) is 5.91. The van der Waals surface area contributed by atoms with Gasteiger partial charge in [-0.3, -0.25) is 0 Å². The van der Waals surface area contributed by atoms with Gasteiger partial charge in [-0.25, -0.2) is 21.8 Å². The van der Waals surface area contributed by atoms with Gasteiger partial charge in [0.25, 0.3) is 10.0 Å². The summed E-state index contributed by atoms with van der Waals surface area (Å²) in [6, 6.07) is 5.04. The summed E-state index contributed by atoms with van der Waals surface area (Å²) in [6.07, 6.45) is 1.48. The highest BCUT2D eigenvalue weighted by Crippen LogP contribution is 2.23. The van der Waals surface area contributed by atoms with Crippen molar-refractivity contribution < 1.29 is 16.8 Å². The molecule has 3 rings (SSSR count). The second-order valence-corrected chi connectivity index (χ2v) is 10.6. The normalized spacial score (nSPS) is 17.3. The lowest BCUT2D eigenvalue weighted by molar-refractivity contribution is 0.272. The number of benzene rings is 1. The average molecular weight is 413 g/mol. The maximum atomic E-state index is 12.9. The van der Waals surface area contributed by atoms with Crippen molar-refractivity contribution >= 4 is 20.0 Å². The van der Waals surface area contributed by atoms with Gasteiger partial charge in [-0.05, 0) is 44.0 Å². The fraction of sp³-hybridized carbons (Fsp3) is 0.471. The van der Waals surface area contributed by atoms with E-state index in [-0.39, 0.29) is 36.1 Å². The first-order valence-corrected chi connectivity index (χ1v) is 11.5. The van der Waals surface area contributed by atoms with Gasteiger partial charge in [-0.1, -0.05) is 6.07 Å². The number of hydrogen-bond donors (Lipinski definition) is 0. The van der Waals surface area contributed by atoms with Crippen molar-refractivity contribution in [3.05, 3.63) is 41.3 Å². The van der Waals surface area contributed by atoms with E-state index in [0.29, 0.717) is 5.82 Å². The van der Waals surface area contributed by atoms with E-state index >= 15 is 0 Å². The van der Waals surface area contributed by atoms with Crippen LogP contribution in [0.5, 0.6) is 0 Å². The Labute approximate surface area is 160 Å². The molecule has 1 aromatic carbocycles. The molecule has 1 saturated heterocycles. The molecule has 8 nitrogen and oxygen atoms in total. The third kappa shape index (κ3) is 3.66. The lowest BCUT2D eigenvalue weighted by Gasteiger charge is -2.32. The second kappa shape index (κ2) is 7.01. The smallest absolute Gasteiger partial charge is 0.262 e. The summed E-state index contributed by atoms with van der Waals surface area (Å²) in [4.78, 5) is 4.33. The van der Waals surface area contributed by atoms with Crippen LogP contribution in [0.2, 0.25) is 0 Å². The van der Waals surface area contributed by atoms with E-state index < -0.39 is 20.0 Å². The van der Waals surface area contributed by atoms with Gasteiger partial charge in [0.05, 0.1) is 4.90 Å². The van der Waals surface area contributed by atoms with Crippen LogP contribution in [-0.2, 0) is 27.1 Å². The third-order valence-electron chi connectivity index (χ3n) is 5.00. The number of nitrogens with zero attached hydrogens (tertiary/aromatic N) is 4. The predicted molar refractivity (Wildman–Crippen MR) is 101 cm³/mol. The van der Waals surface area contributed by atoms with E-state index in [0.717, 1.165) is 11.1 Å². The molecule has 0 bridgehead atoms. The van der Waals surface area contributed by atoms with Crippen molar-refractivity contribution in [2.24, 2.45) is 7.05 Å². The second-order valence-electron chi connectivity index (χ2n) is 6.79. The van der Waals surface area contributed by atoms with Gasteiger partial charge in [0, 0.05) is 39.4 Å². The molecule has 1 aliphatic heterocycles. The average Bonchev–Trinajstić information content (AvgIpc) is 2.97. The Morgan fingerprint density at radius 3 is 1.89 bits per heavy atom. The maximum Gasteiger partial charge on any atom is 0.262 e. The van der Waals surface area contributed by atoms with Gasteiger partial charge >= 0.3 is 0 Å². The van der Waals surface area contributed by atoms with E-state index in [1.165, 1.54) is 14.8 Å². The van der Waals surface area contributed by atoms with Crippen LogP contribution >= 0.6 is 0 Å². The fourth-order valence-electron chi connectivity index (χ4n) is 2.96. The van der Waals surface area contributed by atoms with Gasteiger partial charge in [-0.2, -0.15) is 8.61 Å². The monoisotopic (exact) mass is 412 g/mol. The van der Waals surface area contributed by atoms with Crippen LogP contribution < -0.4 is 0 Å². The summed E-state index contributed by atoms with van der Waals surface area (Å²) >= 11 is 0. The highest BCUT2D eigenvalue weighted by Gasteiger charge is 2.35. The Hall–Kier alpha value is -1.75. The number of hydrogen-bond acceptors (Lipinski definition) is 5. The lowest BCUT2D eigenvalue weighted by Crippen LogP contribution is -2.50. The molecular formula is C17H24N4O4S2. The molecule has 2 heterocycles. The predicted octanol–water partition coefficient (Wildman–Crippen LogP) is 1.04. The number of sulfonamides is 2. The molecule has 148 valence electrons. The molecule has 10 heteroatoms. The summed E-state index contributed by atoms with van der Waals surface area (Å²) in [5.74, 6) is 0.601. The van der Waals surface area contributed by atoms with E-state index in [4.69, 9.17) is 0 Å². The Kier molecular flexibility index (Phi) is 5.19. The first-order valence-electron chi connectivity index (χ1n) is 8.61. The van der Waals surface area contributed by atoms with Crippen molar-refractivity contribution in [1.82, 2.24) is 18.2 Å². The topological polar surface area (TPSA) is 92.6 Å². The molecule has 2 aromatic rings. The van der Waals surface area contributed by atoms with Crippen molar-refractivity contribution in [1.29, 1.82) is 0 Å². The summed E-state index contributed by atoms with van der Waals surface area (Å²) in [6.45, 7) is 5.94. The van der Waals surface area contributed by atoms with Gasteiger partial charge in [0.2, 0.25) is 10.0 Å². The summed E-state index contributed by atoms with van der Waals surface area (Å²) in [7, 11) is -5.64. The molecule has 1 aliphatic rings. The SMILES string of the molecule is Cc1ccc(S(=O)(=O)N2CCN(S(=O)(=O)c3cn(C)c(C)n3)CC2)cc1C. The van der Waals surface area contributed by atoms with E-state index in [1.807, 2.05) is 13.8 Å². The van der Waals surface area contributed by atoms with Gasteiger partial charge in [0.15, 0.2) is 5.03 Å². The van der Waals surface area contributed by atoms with Crippen LogP contribution in [0, 0.1) is 20.8 Å². The van der Waals surface area contributed by atoms with Crippen molar-refractivity contribution in [3.8, 4) is 0 Å². The highest BCUT2D eigenvalue weighted by atomic mass is 32.2. The zero-order valence-corrected chi connectivity index (χ0v) is 17.5. The Morgan fingerprint density at radius 1 is 0.852 bits per heavy atom. The number of aryl methyl sites for hydroxylation is 4. The molecule has 1 fully saturated rings. The van der Waals surface area contributed by atoms with Crippen molar-refractivity contribution in [2.45, 2.75) is 30.7 Å². The zero-order valence-electron chi connectivity index (χ0n) is 15.9. The Bertz CT molecular complexity index is 1050. The van der Waals surface area contributed by atoms with Crippen LogP contribution in [0.15, 0.2) is 34.3 Å². The summed E-state index contributed by atoms with van der Waals surface area (Å²) in [5, 5.41) is -0.00651. The molecule has 0 radical (unpaired) electrons. The van der Waals surface area contributed by atoms with Crippen LogP contribution in [0.25, 0.3) is 0 Å². The van der Waals surface area contributed by atoms with Gasteiger partial charge < -0.3 is 4.57 Å². The molecule has 0 amide bonds. The molecule has 0 spiro atoms. The number of rotatable bonds is 4. The minimum atomic E-state index is -3.73. The van der Waals surface area contributed by atoms with E-state index in [1.54, 1.807) is 36.7 Å². The quantitative estimate of drug-likeness (QED) is 0.748. The number of imidazole rings is 1. The molecule has 27 heavy (non-hydrogen) atoms. The number of aromatic nitrogens is 2. The molecule has 1 aromatic heterocycles. The molecule has 0 aliphatic carbocycles. The minimum absolute atomic E-state index is 0.00651. The maximum absolute atomic E-state index is 12.9. The summed E-state index contributed by atoms with van der Waals surface area (Å²) in [5.41, 5.74) is 1.93. The Balaban J connectivity index is 1.77. The molecule has 0 saturated carbocycles. The highest BCUT2D eigenvalue weighted by molar-refractivity contribution is 7.89. The zero-order chi connectivity index (χ0) is 20.0. The summed E-state index contributed by atoms with van der Waals surface area (Å²) < 4.78 is 55.5. The van der Waals surface area contributed by atoms with Gasteiger partial charge in [-0.15, -0.1) is 0 Å².